The number of benzene rings is 2. The first-order chi connectivity index (χ1) is 19.1. The Hall–Kier alpha value is -4.71. The molecule has 1 N–H and O–H groups in total. The first-order valence-electron chi connectivity index (χ1n) is 12.3. The Labute approximate surface area is 233 Å². The molecule has 4 aromatic rings. The van der Waals surface area contributed by atoms with Crippen LogP contribution in [0.5, 0.6) is 5.75 Å². The number of ether oxygens (including phenoxy) is 2. The number of rotatable bonds is 8. The summed E-state index contributed by atoms with van der Waals surface area (Å²) in [6.45, 7) is 2.97. The van der Waals surface area contributed by atoms with E-state index in [0.29, 0.717) is 11.3 Å². The van der Waals surface area contributed by atoms with Crippen molar-refractivity contribution in [2.24, 2.45) is 0 Å². The van der Waals surface area contributed by atoms with E-state index in [2.05, 4.69) is 5.32 Å². The highest BCUT2D eigenvalue weighted by atomic mass is 32.1. The zero-order chi connectivity index (χ0) is 29.1. The number of thiophene rings is 1. The maximum absolute atomic E-state index is 13.8. The number of amides is 2. The zero-order valence-corrected chi connectivity index (χ0v) is 23.5. The summed E-state index contributed by atoms with van der Waals surface area (Å²) in [5.41, 5.74) is -0.385. The Balaban J connectivity index is 1.89. The molecule has 2 aromatic heterocycles. The van der Waals surface area contributed by atoms with Crippen molar-refractivity contribution < 1.29 is 23.9 Å². The second-order valence-corrected chi connectivity index (χ2v) is 9.96. The number of para-hydroxylation sites is 1. The molecular formula is C28H28N4O7S. The number of aromatic nitrogens is 2. The minimum absolute atomic E-state index is 0.150. The molecule has 0 aliphatic carbocycles. The van der Waals surface area contributed by atoms with Crippen molar-refractivity contribution in [3.05, 3.63) is 85.4 Å². The van der Waals surface area contributed by atoms with Crippen LogP contribution in [0.2, 0.25) is 0 Å². The van der Waals surface area contributed by atoms with E-state index in [-0.39, 0.29) is 44.5 Å². The topological polar surface area (TPSA) is 129 Å². The number of esters is 1. The van der Waals surface area contributed by atoms with E-state index in [0.717, 1.165) is 20.5 Å². The molecule has 0 saturated carbocycles. The normalized spacial score (nSPS) is 10.8. The largest absolute Gasteiger partial charge is 0.497 e. The molecule has 4 rings (SSSR count). The molecule has 11 nitrogen and oxygen atoms in total. The summed E-state index contributed by atoms with van der Waals surface area (Å²) in [7, 11) is 4.63. The molecule has 208 valence electrons. The SMILES string of the molecule is CCOC(=O)c1ccccc1NC(=O)Cn1c(=O)n(-c2cccc(OC)c2)c(=O)c2c(C)c(C(=O)N(C)C)sc21. The van der Waals surface area contributed by atoms with Gasteiger partial charge in [-0.2, -0.15) is 0 Å². The molecule has 0 atom stereocenters. The third-order valence-corrected chi connectivity index (χ3v) is 7.43. The lowest BCUT2D eigenvalue weighted by Gasteiger charge is -2.14. The molecule has 0 aliphatic heterocycles. The van der Waals surface area contributed by atoms with Gasteiger partial charge in [0.15, 0.2) is 0 Å². The third kappa shape index (κ3) is 5.25. The predicted molar refractivity (Wildman–Crippen MR) is 152 cm³/mol. The number of carbonyl (C=O) groups excluding carboxylic acids is 3. The second kappa shape index (κ2) is 11.6. The molecule has 0 bridgehead atoms. The molecule has 2 heterocycles. The van der Waals surface area contributed by atoms with Crippen LogP contribution in [0, 0.1) is 6.92 Å². The van der Waals surface area contributed by atoms with Crippen LogP contribution in [0.3, 0.4) is 0 Å². The van der Waals surface area contributed by atoms with Gasteiger partial charge in [0, 0.05) is 20.2 Å². The van der Waals surface area contributed by atoms with Gasteiger partial charge in [0.25, 0.3) is 11.5 Å². The number of fused-ring (bicyclic) bond motifs is 1. The van der Waals surface area contributed by atoms with Crippen LogP contribution in [0.4, 0.5) is 5.69 Å². The van der Waals surface area contributed by atoms with Crippen molar-refractivity contribution in [3.63, 3.8) is 0 Å². The summed E-state index contributed by atoms with van der Waals surface area (Å²) in [4.78, 5) is 67.9. The summed E-state index contributed by atoms with van der Waals surface area (Å²) in [6.07, 6.45) is 0. The van der Waals surface area contributed by atoms with E-state index in [1.807, 2.05) is 0 Å². The summed E-state index contributed by atoms with van der Waals surface area (Å²) >= 11 is 0.969. The minimum Gasteiger partial charge on any atom is -0.497 e. The molecule has 0 aliphatic rings. The quantitative estimate of drug-likeness (QED) is 0.326. The predicted octanol–water partition coefficient (Wildman–Crippen LogP) is 3.05. The summed E-state index contributed by atoms with van der Waals surface area (Å²) in [5, 5.41) is 2.82. The Morgan fingerprint density at radius 2 is 1.77 bits per heavy atom. The molecular weight excluding hydrogens is 536 g/mol. The molecule has 0 spiro atoms. The molecule has 0 fully saturated rings. The number of hydrogen-bond donors (Lipinski definition) is 1. The number of aryl methyl sites for hydroxylation is 1. The van der Waals surface area contributed by atoms with Gasteiger partial charge >= 0.3 is 11.7 Å². The van der Waals surface area contributed by atoms with Crippen LogP contribution in [0.25, 0.3) is 15.9 Å². The first kappa shape index (κ1) is 28.3. The Morgan fingerprint density at radius 3 is 2.45 bits per heavy atom. The minimum atomic E-state index is -0.773. The van der Waals surface area contributed by atoms with E-state index < -0.39 is 29.7 Å². The molecule has 2 aromatic carbocycles. The fraction of sp³-hybridized carbons (Fsp3) is 0.250. The number of nitrogens with zero attached hydrogens (tertiary/aromatic N) is 3. The van der Waals surface area contributed by atoms with Gasteiger partial charge in [-0.1, -0.05) is 18.2 Å². The van der Waals surface area contributed by atoms with E-state index in [1.54, 1.807) is 64.3 Å². The maximum Gasteiger partial charge on any atom is 0.340 e. The van der Waals surface area contributed by atoms with Gasteiger partial charge in [-0.05, 0) is 43.7 Å². The van der Waals surface area contributed by atoms with Gasteiger partial charge in [0.2, 0.25) is 5.91 Å². The fourth-order valence-corrected chi connectivity index (χ4v) is 5.50. The van der Waals surface area contributed by atoms with Crippen molar-refractivity contribution in [2.75, 3.05) is 33.1 Å². The zero-order valence-electron chi connectivity index (χ0n) is 22.6. The van der Waals surface area contributed by atoms with Crippen LogP contribution in [-0.4, -0.2) is 59.6 Å². The van der Waals surface area contributed by atoms with Gasteiger partial charge in [-0.3, -0.25) is 19.0 Å². The average molecular weight is 565 g/mol. The van der Waals surface area contributed by atoms with E-state index in [9.17, 15) is 24.0 Å². The lowest BCUT2D eigenvalue weighted by molar-refractivity contribution is -0.116. The van der Waals surface area contributed by atoms with Crippen molar-refractivity contribution in [1.82, 2.24) is 14.0 Å². The van der Waals surface area contributed by atoms with Gasteiger partial charge in [0.05, 0.1) is 40.9 Å². The smallest absolute Gasteiger partial charge is 0.340 e. The molecule has 12 heteroatoms. The number of carbonyl (C=O) groups is 3. The monoisotopic (exact) mass is 564 g/mol. The van der Waals surface area contributed by atoms with Crippen molar-refractivity contribution in [1.29, 1.82) is 0 Å². The number of methoxy groups -OCH3 is 1. The van der Waals surface area contributed by atoms with Gasteiger partial charge in [0.1, 0.15) is 17.1 Å². The molecule has 2 amide bonds. The number of anilines is 1. The van der Waals surface area contributed by atoms with Crippen molar-refractivity contribution in [3.8, 4) is 11.4 Å². The molecule has 0 radical (unpaired) electrons. The third-order valence-electron chi connectivity index (χ3n) is 6.12. The summed E-state index contributed by atoms with van der Waals surface area (Å²) in [5.74, 6) is -1.14. The van der Waals surface area contributed by atoms with E-state index in [1.165, 1.54) is 24.1 Å². The standard InChI is InChI=1S/C28H28N4O7S/c1-6-39-27(36)19-12-7-8-13-20(19)29-21(33)15-31-26-22(16(2)23(40-26)25(35)30(3)4)24(34)32(28(31)37)17-10-9-11-18(14-17)38-5/h7-14H,6,15H2,1-5H3,(H,29,33). The van der Waals surface area contributed by atoms with Gasteiger partial charge in [-0.15, -0.1) is 11.3 Å². The lowest BCUT2D eigenvalue weighted by atomic mass is 10.1. The summed E-state index contributed by atoms with van der Waals surface area (Å²) in [6, 6.07) is 12.8. The van der Waals surface area contributed by atoms with Crippen molar-refractivity contribution in [2.45, 2.75) is 20.4 Å². The van der Waals surface area contributed by atoms with Gasteiger partial charge in [-0.25, -0.2) is 14.2 Å². The highest BCUT2D eigenvalue weighted by Crippen LogP contribution is 2.29. The summed E-state index contributed by atoms with van der Waals surface area (Å²) < 4.78 is 12.4. The number of hydrogen-bond acceptors (Lipinski definition) is 8. The van der Waals surface area contributed by atoms with Gasteiger partial charge < -0.3 is 19.7 Å². The van der Waals surface area contributed by atoms with Crippen molar-refractivity contribution >= 4 is 45.0 Å². The van der Waals surface area contributed by atoms with Crippen LogP contribution in [0.1, 0.15) is 32.5 Å². The maximum atomic E-state index is 13.8. The van der Waals surface area contributed by atoms with E-state index in [4.69, 9.17) is 9.47 Å². The Kier molecular flexibility index (Phi) is 8.19. The number of nitrogens with one attached hydrogen (secondary N) is 1. The van der Waals surface area contributed by atoms with Crippen LogP contribution in [0.15, 0.2) is 58.1 Å². The molecule has 0 unspecified atom stereocenters. The highest BCUT2D eigenvalue weighted by Gasteiger charge is 2.26. The highest BCUT2D eigenvalue weighted by molar-refractivity contribution is 7.20. The fourth-order valence-electron chi connectivity index (χ4n) is 4.18. The van der Waals surface area contributed by atoms with E-state index >= 15 is 0 Å². The Morgan fingerprint density at radius 1 is 1.05 bits per heavy atom. The average Bonchev–Trinajstić information content (AvgIpc) is 3.28. The van der Waals surface area contributed by atoms with Crippen LogP contribution >= 0.6 is 11.3 Å². The van der Waals surface area contributed by atoms with Crippen LogP contribution < -0.4 is 21.3 Å². The first-order valence-corrected chi connectivity index (χ1v) is 13.1. The lowest BCUT2D eigenvalue weighted by Crippen LogP contribution is -2.40. The molecule has 0 saturated heterocycles. The Bertz CT molecular complexity index is 1750. The second-order valence-electron chi connectivity index (χ2n) is 8.96. The van der Waals surface area contributed by atoms with Crippen LogP contribution in [-0.2, 0) is 16.1 Å². The molecule has 40 heavy (non-hydrogen) atoms.